The molecule has 23 heteroatoms. The summed E-state index contributed by atoms with van der Waals surface area (Å²) in [7, 11) is 0. The van der Waals surface area contributed by atoms with E-state index in [2.05, 4.69) is 62.3 Å². The largest absolute Gasteiger partial charge is 0.425 e. The molecule has 3 unspecified atom stereocenters. The van der Waals surface area contributed by atoms with Gasteiger partial charge in [-0.05, 0) is 20.8 Å². The summed E-state index contributed by atoms with van der Waals surface area (Å²) in [6.45, 7) is 19.1. The Balaban J connectivity index is 0.000000657. The SMILES string of the molecule is CC(=O)NNC(=O)C(C)C.Cc1nnc(C(C)C)o1.Cc1nnc(C(C)N)o1.[2H]C(=O)NC(C)c1nnc(C(N)=O)o1.[2H]C(=O)NC(C)c1nnc(C)o1. The van der Waals surface area contributed by atoms with Crippen LogP contribution in [0.4, 0.5) is 0 Å². The zero-order valence-electron chi connectivity index (χ0n) is 32.8. The topological polar surface area (TPSA) is 341 Å². The van der Waals surface area contributed by atoms with E-state index in [4.69, 9.17) is 31.9 Å². The Hall–Kier alpha value is -6.13. The molecular formula is C29H48N14O9. The molecule has 8 N–H and O–H groups in total. The van der Waals surface area contributed by atoms with E-state index in [9.17, 15) is 24.0 Å². The molecule has 4 aromatic heterocycles. The number of nitrogens with one attached hydrogen (secondary N) is 4. The highest BCUT2D eigenvalue weighted by atomic mass is 16.4. The molecule has 0 aliphatic carbocycles. The summed E-state index contributed by atoms with van der Waals surface area (Å²) in [4.78, 5) is 52.2. The Bertz CT molecular complexity index is 1710. The van der Waals surface area contributed by atoms with Gasteiger partial charge in [0, 0.05) is 39.5 Å². The van der Waals surface area contributed by atoms with E-state index >= 15 is 0 Å². The third kappa shape index (κ3) is 19.2. The first-order chi connectivity index (χ1) is 25.0. The third-order valence-corrected chi connectivity index (χ3v) is 5.34. The van der Waals surface area contributed by atoms with Gasteiger partial charge < -0.3 is 39.8 Å². The fraction of sp³-hybridized carbons (Fsp3) is 0.552. The van der Waals surface area contributed by atoms with Gasteiger partial charge in [0.05, 0.1) is 6.04 Å². The van der Waals surface area contributed by atoms with Crippen LogP contribution in [0, 0.1) is 26.7 Å². The van der Waals surface area contributed by atoms with E-state index in [1.54, 1.807) is 48.5 Å². The van der Waals surface area contributed by atoms with Crippen molar-refractivity contribution in [3.63, 3.8) is 0 Å². The Morgan fingerprint density at radius 2 is 1.06 bits per heavy atom. The van der Waals surface area contributed by atoms with Gasteiger partial charge in [-0.15, -0.1) is 40.8 Å². The molecule has 4 rings (SSSR count). The molecule has 0 saturated heterocycles. The van der Waals surface area contributed by atoms with Crippen molar-refractivity contribution in [3.8, 4) is 0 Å². The first-order valence-corrected chi connectivity index (χ1v) is 15.4. The van der Waals surface area contributed by atoms with E-state index < -0.39 is 30.8 Å². The van der Waals surface area contributed by atoms with Crippen LogP contribution >= 0.6 is 0 Å². The fourth-order valence-corrected chi connectivity index (χ4v) is 2.63. The van der Waals surface area contributed by atoms with Gasteiger partial charge in [0.25, 0.3) is 0 Å². The van der Waals surface area contributed by atoms with Crippen LogP contribution in [0.1, 0.15) is 134 Å². The number of carbonyl (C=O) groups is 5. The normalized spacial score (nSPS) is 12.2. The molecule has 4 aromatic rings. The molecule has 0 aliphatic heterocycles. The maximum atomic E-state index is 10.7. The minimum atomic E-state index is -0.976. The highest BCUT2D eigenvalue weighted by Gasteiger charge is 2.15. The minimum absolute atomic E-state index is 0.0272. The molecule has 3 atom stereocenters. The lowest BCUT2D eigenvalue weighted by Gasteiger charge is -2.06. The van der Waals surface area contributed by atoms with Crippen LogP contribution in [0.2, 0.25) is 0 Å². The average Bonchev–Trinajstić information content (AvgIpc) is 3.88. The summed E-state index contributed by atoms with van der Waals surface area (Å²) < 4.78 is 33.2. The van der Waals surface area contributed by atoms with E-state index in [0.29, 0.717) is 41.3 Å². The molecule has 0 aromatic carbocycles. The highest BCUT2D eigenvalue weighted by molar-refractivity contribution is 5.87. The van der Waals surface area contributed by atoms with Crippen molar-refractivity contribution in [1.82, 2.24) is 62.3 Å². The number of nitrogens with two attached hydrogens (primary N) is 2. The van der Waals surface area contributed by atoms with Gasteiger partial charge in [-0.25, -0.2) is 0 Å². The predicted octanol–water partition coefficient (Wildman–Crippen LogP) is 0.869. The third-order valence-electron chi connectivity index (χ3n) is 5.34. The van der Waals surface area contributed by atoms with E-state index in [-0.39, 0.29) is 35.6 Å². The Labute approximate surface area is 302 Å². The number of rotatable bonds is 8. The molecule has 0 radical (unpaired) electrons. The molecule has 0 saturated carbocycles. The highest BCUT2D eigenvalue weighted by Crippen LogP contribution is 2.11. The van der Waals surface area contributed by atoms with Crippen molar-refractivity contribution in [1.29, 1.82) is 0 Å². The van der Waals surface area contributed by atoms with E-state index in [1.165, 1.54) is 13.8 Å². The summed E-state index contributed by atoms with van der Waals surface area (Å²) in [6, 6.07) is -1.19. The first kappa shape index (κ1) is 42.0. The predicted molar refractivity (Wildman–Crippen MR) is 179 cm³/mol. The van der Waals surface area contributed by atoms with Crippen molar-refractivity contribution in [2.75, 3.05) is 0 Å². The Morgan fingerprint density at radius 1 is 0.654 bits per heavy atom. The monoisotopic (exact) mass is 738 g/mol. The molecular weight excluding hydrogens is 688 g/mol. The number of amides is 5. The Morgan fingerprint density at radius 3 is 1.33 bits per heavy atom. The van der Waals surface area contributed by atoms with Gasteiger partial charge in [0.1, 0.15) is 14.8 Å². The van der Waals surface area contributed by atoms with Gasteiger partial charge in [0.2, 0.25) is 65.8 Å². The van der Waals surface area contributed by atoms with Crippen LogP contribution in [-0.4, -0.2) is 71.3 Å². The van der Waals surface area contributed by atoms with Gasteiger partial charge in [-0.1, -0.05) is 27.7 Å². The number of hydrazine groups is 1. The van der Waals surface area contributed by atoms with Gasteiger partial charge in [-0.3, -0.25) is 34.8 Å². The van der Waals surface area contributed by atoms with Crippen LogP contribution in [0.5, 0.6) is 0 Å². The van der Waals surface area contributed by atoms with E-state index in [0.717, 1.165) is 0 Å². The van der Waals surface area contributed by atoms with Crippen molar-refractivity contribution < 1.29 is 44.4 Å². The average molecular weight is 739 g/mol. The van der Waals surface area contributed by atoms with Crippen LogP contribution in [0.15, 0.2) is 17.7 Å². The quantitative estimate of drug-likeness (QED) is 0.108. The van der Waals surface area contributed by atoms with Crippen molar-refractivity contribution in [2.24, 2.45) is 17.4 Å². The van der Waals surface area contributed by atoms with Crippen molar-refractivity contribution >= 4 is 30.5 Å². The number of primary amides is 1. The summed E-state index contributed by atoms with van der Waals surface area (Å²) in [5.41, 5.74) is 14.7. The van der Waals surface area contributed by atoms with Crippen molar-refractivity contribution in [2.45, 2.75) is 100 Å². The molecule has 23 nitrogen and oxygen atoms in total. The first-order valence-electron chi connectivity index (χ1n) is 16.4. The van der Waals surface area contributed by atoms with Crippen molar-refractivity contribution in [3.05, 3.63) is 47.1 Å². The molecule has 52 heavy (non-hydrogen) atoms. The molecule has 5 amide bonds. The molecule has 0 bridgehead atoms. The fourth-order valence-electron chi connectivity index (χ4n) is 2.63. The number of hydrogen-bond donors (Lipinski definition) is 6. The number of aromatic nitrogens is 8. The molecule has 4 heterocycles. The lowest BCUT2D eigenvalue weighted by Crippen LogP contribution is -2.42. The number of hydrogen-bond acceptors (Lipinski definition) is 18. The second-order valence-corrected chi connectivity index (χ2v) is 11.0. The van der Waals surface area contributed by atoms with E-state index in [1.807, 2.05) is 13.8 Å². The lowest BCUT2D eigenvalue weighted by molar-refractivity contribution is -0.129. The second-order valence-electron chi connectivity index (χ2n) is 11.0. The van der Waals surface area contributed by atoms with Crippen LogP contribution in [0.3, 0.4) is 0 Å². The summed E-state index contributed by atoms with van der Waals surface area (Å²) in [6.07, 6.45) is -1.84. The van der Waals surface area contributed by atoms with Gasteiger partial charge >= 0.3 is 11.8 Å². The zero-order valence-corrected chi connectivity index (χ0v) is 30.8. The second kappa shape index (κ2) is 24.1. The van der Waals surface area contributed by atoms with Crippen LogP contribution in [0.25, 0.3) is 0 Å². The number of aryl methyl sites for hydroxylation is 3. The zero-order chi connectivity index (χ0) is 41.7. The van der Waals surface area contributed by atoms with Gasteiger partial charge in [-0.2, -0.15) is 0 Å². The Kier molecular flexibility index (Phi) is 19.5. The smallest absolute Gasteiger partial charge is 0.306 e. The standard InChI is InChI=1S/C6H8N4O3.C6H9N3O2.C6H12N2O2.C6H10N2O.C5H9N3O/c1-3(8-2-11)5-9-10-6(13-5)4(7)12;1-4(7-3-10)6-9-8-5(2)11-6;1-4(2)6(10)8-7-5(3)9;1-4(2)6-8-7-5(3)9-6;1-3(6)5-8-7-4(2)9-5/h2-3H,1H3,(H2,7,12)(H,8,11);3-4H,1-2H3,(H,7,10);4H,1-3H3,(H,7,9)(H,8,10);4H,1-3H3;3H,6H2,1-2H3/i2D;3D;;;. The summed E-state index contributed by atoms with van der Waals surface area (Å²) in [5, 5.41) is 33.4. The summed E-state index contributed by atoms with van der Waals surface area (Å²) >= 11 is 0. The minimum Gasteiger partial charge on any atom is -0.425 e. The van der Waals surface area contributed by atoms with Crippen LogP contribution < -0.4 is 33.0 Å². The molecule has 0 spiro atoms. The molecule has 288 valence electrons. The summed E-state index contributed by atoms with van der Waals surface area (Å²) in [5.74, 6) is 1.80. The maximum Gasteiger partial charge on any atom is 0.306 e. The van der Waals surface area contributed by atoms with Crippen LogP contribution in [-0.2, 0) is 19.2 Å². The molecule has 0 aliphatic rings. The number of nitrogens with zero attached hydrogens (tertiary/aromatic N) is 8. The molecule has 0 fully saturated rings. The van der Waals surface area contributed by atoms with Gasteiger partial charge in [0.15, 0.2) is 0 Å². The number of carbonyl (C=O) groups excluding carboxylic acids is 5. The lowest BCUT2D eigenvalue weighted by atomic mass is 10.2. The maximum absolute atomic E-state index is 10.7.